The number of aryl methyl sites for hydroxylation is 2. The van der Waals surface area contributed by atoms with Crippen molar-refractivity contribution in [3.05, 3.63) is 95.1 Å². The number of nitrogens with two attached hydrogens (primary N) is 1. The van der Waals surface area contributed by atoms with Crippen molar-refractivity contribution < 1.29 is 25.2 Å². The summed E-state index contributed by atoms with van der Waals surface area (Å²) >= 11 is 0. The number of allylic oxidation sites excluding steroid dienone is 3. The zero-order valence-electron chi connectivity index (χ0n) is 32.1. The summed E-state index contributed by atoms with van der Waals surface area (Å²) < 4.78 is 0. The molecule has 8 unspecified atom stereocenters. The summed E-state index contributed by atoms with van der Waals surface area (Å²) in [6.45, 7) is 2.92. The SMILES string of the molecule is CCCCCC1C=CC(CCCCCC(C(=O)O)C(O)CCC2(O)CC(CC3=CCNC(N)=C3)CC2Cc2ccc(CCc3ccccc3)[nH]2)C(O)C1. The molecule has 0 bridgehead atoms. The minimum Gasteiger partial charge on any atom is -0.481 e. The number of aliphatic carboxylic acids is 1. The van der Waals surface area contributed by atoms with Crippen LogP contribution in [0.2, 0.25) is 0 Å². The maximum atomic E-state index is 12.4. The van der Waals surface area contributed by atoms with Gasteiger partial charge in [-0.3, -0.25) is 4.79 Å². The summed E-state index contributed by atoms with van der Waals surface area (Å²) in [6, 6.07) is 14.8. The highest BCUT2D eigenvalue weighted by atomic mass is 16.4. The van der Waals surface area contributed by atoms with E-state index in [9.17, 15) is 25.2 Å². The number of rotatable bonds is 22. The Morgan fingerprint density at radius 3 is 2.49 bits per heavy atom. The number of carbonyl (C=O) groups is 1. The van der Waals surface area contributed by atoms with Crippen LogP contribution in [0.5, 0.6) is 0 Å². The van der Waals surface area contributed by atoms with Gasteiger partial charge in [0, 0.05) is 23.9 Å². The minimum atomic E-state index is -1.02. The highest BCUT2D eigenvalue weighted by Crippen LogP contribution is 2.47. The molecule has 0 radical (unpaired) electrons. The van der Waals surface area contributed by atoms with E-state index in [0.29, 0.717) is 44.0 Å². The largest absolute Gasteiger partial charge is 0.481 e. The van der Waals surface area contributed by atoms with Gasteiger partial charge < -0.3 is 36.5 Å². The number of hydrogen-bond donors (Lipinski definition) is 7. The maximum Gasteiger partial charge on any atom is 0.309 e. The first-order valence-corrected chi connectivity index (χ1v) is 20.7. The number of aromatic nitrogens is 1. The number of aromatic amines is 1. The number of dihydropyridines is 1. The number of aliphatic hydroxyl groups is 3. The molecule has 2 aliphatic carbocycles. The molecule has 8 heteroatoms. The van der Waals surface area contributed by atoms with E-state index in [0.717, 1.165) is 69.9 Å². The third-order valence-corrected chi connectivity index (χ3v) is 12.4. The number of nitrogens with one attached hydrogen (secondary N) is 2. The summed E-state index contributed by atoms with van der Waals surface area (Å²) in [4.78, 5) is 16.0. The molecule has 2 heterocycles. The monoisotopic (exact) mass is 730 g/mol. The van der Waals surface area contributed by atoms with Crippen molar-refractivity contribution in [1.82, 2.24) is 10.3 Å². The Morgan fingerprint density at radius 1 is 0.943 bits per heavy atom. The topological polar surface area (TPSA) is 152 Å². The van der Waals surface area contributed by atoms with Crippen LogP contribution in [-0.2, 0) is 24.1 Å². The molecular formula is C45H67N3O5. The van der Waals surface area contributed by atoms with Crippen LogP contribution in [0.1, 0.15) is 120 Å². The fraction of sp³-hybridized carbons (Fsp3) is 0.622. The summed E-state index contributed by atoms with van der Waals surface area (Å²) in [7, 11) is 0. The van der Waals surface area contributed by atoms with E-state index in [1.165, 1.54) is 36.1 Å². The smallest absolute Gasteiger partial charge is 0.309 e. The van der Waals surface area contributed by atoms with Crippen molar-refractivity contribution in [2.45, 2.75) is 140 Å². The molecule has 53 heavy (non-hydrogen) atoms. The van der Waals surface area contributed by atoms with Gasteiger partial charge in [0.2, 0.25) is 0 Å². The molecule has 8 N–H and O–H groups in total. The molecule has 5 rings (SSSR count). The molecule has 8 nitrogen and oxygen atoms in total. The predicted molar refractivity (Wildman–Crippen MR) is 213 cm³/mol. The first kappa shape index (κ1) is 40.8. The van der Waals surface area contributed by atoms with Gasteiger partial charge in [0.15, 0.2) is 0 Å². The second-order valence-corrected chi connectivity index (χ2v) is 16.6. The Labute approximate surface area is 318 Å². The van der Waals surface area contributed by atoms with Crippen LogP contribution < -0.4 is 11.1 Å². The van der Waals surface area contributed by atoms with E-state index in [2.05, 4.69) is 71.9 Å². The number of H-pyrrole nitrogens is 1. The van der Waals surface area contributed by atoms with Gasteiger partial charge in [-0.15, -0.1) is 0 Å². The van der Waals surface area contributed by atoms with Crippen molar-refractivity contribution in [1.29, 1.82) is 0 Å². The van der Waals surface area contributed by atoms with Crippen LogP contribution >= 0.6 is 0 Å². The molecule has 1 aromatic heterocycles. The fourth-order valence-corrected chi connectivity index (χ4v) is 9.29. The lowest BCUT2D eigenvalue weighted by Crippen LogP contribution is -2.37. The van der Waals surface area contributed by atoms with Crippen molar-refractivity contribution in [3.8, 4) is 0 Å². The van der Waals surface area contributed by atoms with Crippen molar-refractivity contribution >= 4 is 5.97 Å². The second-order valence-electron chi connectivity index (χ2n) is 16.6. The van der Waals surface area contributed by atoms with E-state index < -0.39 is 23.6 Å². The summed E-state index contributed by atoms with van der Waals surface area (Å²) in [5, 5.41) is 47.5. The van der Waals surface area contributed by atoms with E-state index in [-0.39, 0.29) is 30.3 Å². The zero-order valence-corrected chi connectivity index (χ0v) is 32.1. The van der Waals surface area contributed by atoms with Gasteiger partial charge in [-0.1, -0.05) is 94.0 Å². The lowest BCUT2D eigenvalue weighted by Gasteiger charge is -2.32. The number of aliphatic hydroxyl groups excluding tert-OH is 2. The molecule has 8 atom stereocenters. The van der Waals surface area contributed by atoms with E-state index >= 15 is 0 Å². The van der Waals surface area contributed by atoms with Crippen LogP contribution in [-0.4, -0.2) is 55.7 Å². The number of hydrogen-bond acceptors (Lipinski definition) is 6. The van der Waals surface area contributed by atoms with Gasteiger partial charge in [-0.25, -0.2) is 0 Å². The van der Waals surface area contributed by atoms with Crippen LogP contribution in [0.15, 0.2) is 78.2 Å². The lowest BCUT2D eigenvalue weighted by molar-refractivity contribution is -0.146. The van der Waals surface area contributed by atoms with Crippen molar-refractivity contribution in [2.24, 2.45) is 35.3 Å². The molecule has 0 spiro atoms. The number of carboxylic acid groups (broad SMARTS) is 1. The molecule has 292 valence electrons. The Bertz CT molecular complexity index is 1500. The molecule has 1 fully saturated rings. The number of benzene rings is 1. The lowest BCUT2D eigenvalue weighted by atomic mass is 9.80. The van der Waals surface area contributed by atoms with Crippen LogP contribution in [0.3, 0.4) is 0 Å². The molecular weight excluding hydrogens is 663 g/mol. The molecule has 1 saturated carbocycles. The fourth-order valence-electron chi connectivity index (χ4n) is 9.29. The zero-order chi connectivity index (χ0) is 37.6. The third kappa shape index (κ3) is 12.6. The minimum absolute atomic E-state index is 0.0111. The van der Waals surface area contributed by atoms with E-state index in [1.807, 2.05) is 12.1 Å². The van der Waals surface area contributed by atoms with E-state index in [4.69, 9.17) is 5.73 Å². The van der Waals surface area contributed by atoms with Gasteiger partial charge in [0.05, 0.1) is 29.5 Å². The van der Waals surface area contributed by atoms with Crippen LogP contribution in [0, 0.1) is 29.6 Å². The van der Waals surface area contributed by atoms with Gasteiger partial charge >= 0.3 is 5.97 Å². The highest BCUT2D eigenvalue weighted by Gasteiger charge is 2.46. The standard InChI is InChI=1S/C45H67N3O5/c1-2-3-6-13-33-16-18-36(42(50)28-33)14-9-5-10-15-40(44(51)52)41(49)22-24-45(53)31-35(26-34-23-25-47-43(46)29-34)27-37(45)30-39-21-20-38(48-39)19-17-32-11-7-4-8-12-32/h4,7-8,11-12,16,18,20-21,23,29,33,35-37,40-42,47-50,53H,2-3,5-6,9-10,13-15,17,19,22,24-28,30-31,46H2,1H3,(H,51,52). The van der Waals surface area contributed by atoms with E-state index in [1.54, 1.807) is 0 Å². The Morgan fingerprint density at radius 2 is 1.74 bits per heavy atom. The third-order valence-electron chi connectivity index (χ3n) is 12.4. The van der Waals surface area contributed by atoms with Gasteiger partial charge in [-0.05, 0) is 124 Å². The average Bonchev–Trinajstić information content (AvgIpc) is 3.72. The molecule has 1 aliphatic heterocycles. The predicted octanol–water partition coefficient (Wildman–Crippen LogP) is 7.75. The Hall–Kier alpha value is -3.33. The Kier molecular flexibility index (Phi) is 15.7. The summed E-state index contributed by atoms with van der Waals surface area (Å²) in [5.74, 6) is -0.254. The molecule has 3 aliphatic rings. The first-order valence-electron chi connectivity index (χ1n) is 20.7. The van der Waals surface area contributed by atoms with Crippen molar-refractivity contribution in [3.63, 3.8) is 0 Å². The molecule has 1 aromatic carbocycles. The van der Waals surface area contributed by atoms with Gasteiger partial charge in [-0.2, -0.15) is 0 Å². The quantitative estimate of drug-likeness (QED) is 0.0484. The number of carboxylic acids is 1. The van der Waals surface area contributed by atoms with Crippen LogP contribution in [0.4, 0.5) is 0 Å². The summed E-state index contributed by atoms with van der Waals surface area (Å²) in [6.07, 6.45) is 22.3. The molecule has 2 aromatic rings. The Balaban J connectivity index is 1.13. The first-order chi connectivity index (χ1) is 25.6. The molecule has 0 saturated heterocycles. The molecule has 0 amide bonds. The van der Waals surface area contributed by atoms with Crippen molar-refractivity contribution in [2.75, 3.05) is 6.54 Å². The normalized spacial score (nSPS) is 26.8. The summed E-state index contributed by atoms with van der Waals surface area (Å²) in [5.41, 5.74) is 9.83. The second kappa shape index (κ2) is 20.4. The average molecular weight is 730 g/mol. The highest BCUT2D eigenvalue weighted by molar-refractivity contribution is 5.70. The van der Waals surface area contributed by atoms with Gasteiger partial charge in [0.25, 0.3) is 0 Å². The number of unbranched alkanes of at least 4 members (excludes halogenated alkanes) is 4. The van der Waals surface area contributed by atoms with Gasteiger partial charge in [0.1, 0.15) is 0 Å². The maximum absolute atomic E-state index is 12.4. The van der Waals surface area contributed by atoms with Crippen LogP contribution in [0.25, 0.3) is 0 Å².